The van der Waals surface area contributed by atoms with Gasteiger partial charge in [-0.15, -0.1) is 0 Å². The van der Waals surface area contributed by atoms with E-state index in [0.29, 0.717) is 5.56 Å². The normalized spacial score (nSPS) is 11.8. The first-order valence-electron chi connectivity index (χ1n) is 4.49. The molecule has 1 aromatic carbocycles. The zero-order valence-corrected chi connectivity index (χ0v) is 8.95. The second kappa shape index (κ2) is 4.80. The van der Waals surface area contributed by atoms with Gasteiger partial charge in [0.2, 0.25) is 0 Å². The molecule has 1 rings (SSSR count). The molecule has 0 saturated carbocycles. The van der Waals surface area contributed by atoms with Crippen molar-refractivity contribution in [3.63, 3.8) is 0 Å². The van der Waals surface area contributed by atoms with Crippen LogP contribution >= 0.6 is 0 Å². The number of hydrogen-bond acceptors (Lipinski definition) is 3. The molecule has 84 valence electrons. The van der Waals surface area contributed by atoms with E-state index in [1.807, 2.05) is 0 Å². The summed E-state index contributed by atoms with van der Waals surface area (Å²) in [5.74, 6) is -1.30. The topological polar surface area (TPSA) is 60.7 Å². The average Bonchev–Trinajstić information content (AvgIpc) is 2.07. The molecule has 0 heterocycles. The van der Waals surface area contributed by atoms with Crippen LogP contribution in [0.3, 0.4) is 0 Å². The predicted molar refractivity (Wildman–Crippen MR) is 51.9 cm³/mol. The van der Waals surface area contributed by atoms with Crippen molar-refractivity contribution in [2.45, 2.75) is 18.9 Å². The van der Waals surface area contributed by atoms with Crippen molar-refractivity contribution in [3.05, 3.63) is 35.4 Å². The van der Waals surface area contributed by atoms with Crippen LogP contribution in [0.5, 0.6) is 0 Å². The summed E-state index contributed by atoms with van der Waals surface area (Å²) >= 11 is 0. The van der Waals surface area contributed by atoms with Crippen molar-refractivity contribution < 1.29 is 23.2 Å². The Hall–Kier alpha value is -0.823. The Morgan fingerprint density at radius 3 is 2.33 bits per heavy atom. The van der Waals surface area contributed by atoms with Crippen molar-refractivity contribution in [2.75, 3.05) is 0 Å². The number of rotatable bonds is 4. The summed E-state index contributed by atoms with van der Waals surface area (Å²) in [5.41, 5.74) is 0.301. The second-order valence-electron chi connectivity index (χ2n) is 3.36. The van der Waals surface area contributed by atoms with Crippen LogP contribution in [-0.2, 0) is 6.42 Å². The molecule has 6 heteroatoms. The lowest BCUT2D eigenvalue weighted by Gasteiger charge is -2.08. The van der Waals surface area contributed by atoms with Gasteiger partial charge in [0.25, 0.3) is 0 Å². The minimum Gasteiger partial charge on any atom is -0.390 e. The van der Waals surface area contributed by atoms with Crippen molar-refractivity contribution in [2.24, 2.45) is 0 Å². The zero-order chi connectivity index (χ0) is 11.5. The highest BCUT2D eigenvalue weighted by atomic mass is 28.4. The first-order chi connectivity index (χ1) is 6.88. The SMILES string of the molecule is O[Si](O)(O)CCCc1ccc(F)cc1F. The maximum atomic E-state index is 13.1. The summed E-state index contributed by atoms with van der Waals surface area (Å²) in [5, 5.41) is 0. The molecule has 0 unspecified atom stereocenters. The van der Waals surface area contributed by atoms with E-state index in [1.54, 1.807) is 0 Å². The third-order valence-electron chi connectivity index (χ3n) is 1.97. The van der Waals surface area contributed by atoms with E-state index in [9.17, 15) is 8.78 Å². The predicted octanol–water partition coefficient (Wildman–Crippen LogP) is 0.813. The van der Waals surface area contributed by atoms with E-state index in [0.717, 1.165) is 12.1 Å². The van der Waals surface area contributed by atoms with Gasteiger partial charge in [-0.2, -0.15) is 0 Å². The lowest BCUT2D eigenvalue weighted by atomic mass is 10.1. The van der Waals surface area contributed by atoms with Gasteiger partial charge < -0.3 is 14.4 Å². The van der Waals surface area contributed by atoms with E-state index in [1.165, 1.54) is 6.07 Å². The number of hydrogen-bond donors (Lipinski definition) is 3. The fourth-order valence-electron chi connectivity index (χ4n) is 1.24. The first-order valence-corrected chi connectivity index (χ1v) is 6.54. The van der Waals surface area contributed by atoms with Gasteiger partial charge in [-0.1, -0.05) is 6.07 Å². The van der Waals surface area contributed by atoms with Crippen LogP contribution in [0.1, 0.15) is 12.0 Å². The van der Waals surface area contributed by atoms with Crippen molar-refractivity contribution in [1.29, 1.82) is 0 Å². The van der Waals surface area contributed by atoms with Crippen LogP contribution in [0.15, 0.2) is 18.2 Å². The number of aryl methyl sites for hydroxylation is 1. The van der Waals surface area contributed by atoms with Crippen molar-refractivity contribution >= 4 is 8.80 Å². The van der Waals surface area contributed by atoms with Crippen LogP contribution in [0, 0.1) is 11.6 Å². The van der Waals surface area contributed by atoms with Gasteiger partial charge in [0.05, 0.1) is 0 Å². The lowest BCUT2D eigenvalue weighted by Crippen LogP contribution is -2.34. The highest BCUT2D eigenvalue weighted by molar-refractivity contribution is 6.56. The molecule has 0 saturated heterocycles. The maximum absolute atomic E-state index is 13.1. The molecular weight excluding hydrogens is 222 g/mol. The smallest absolute Gasteiger partial charge is 0.390 e. The summed E-state index contributed by atoms with van der Waals surface area (Å²) < 4.78 is 25.6. The molecule has 15 heavy (non-hydrogen) atoms. The van der Waals surface area contributed by atoms with E-state index in [4.69, 9.17) is 14.4 Å². The Morgan fingerprint density at radius 2 is 1.80 bits per heavy atom. The maximum Gasteiger partial charge on any atom is 0.492 e. The van der Waals surface area contributed by atoms with Gasteiger partial charge in [-0.05, 0) is 24.5 Å². The van der Waals surface area contributed by atoms with Crippen LogP contribution in [0.4, 0.5) is 8.78 Å². The molecule has 0 amide bonds. The van der Waals surface area contributed by atoms with E-state index in [-0.39, 0.29) is 18.9 Å². The summed E-state index contributed by atoms with van der Waals surface area (Å²) in [6.07, 6.45) is 0.487. The summed E-state index contributed by atoms with van der Waals surface area (Å²) in [6, 6.07) is 3.07. The number of halogens is 2. The third kappa shape index (κ3) is 4.48. The van der Waals surface area contributed by atoms with Gasteiger partial charge in [-0.3, -0.25) is 0 Å². The van der Waals surface area contributed by atoms with Gasteiger partial charge in [0.1, 0.15) is 11.6 Å². The molecule has 0 aliphatic carbocycles. The molecule has 0 bridgehead atoms. The van der Waals surface area contributed by atoms with Crippen molar-refractivity contribution in [1.82, 2.24) is 0 Å². The van der Waals surface area contributed by atoms with Gasteiger partial charge in [0.15, 0.2) is 0 Å². The van der Waals surface area contributed by atoms with E-state index >= 15 is 0 Å². The molecule has 3 N–H and O–H groups in total. The number of benzene rings is 1. The Labute approximate surface area is 87.0 Å². The Kier molecular flexibility index (Phi) is 3.92. The highest BCUT2D eigenvalue weighted by Crippen LogP contribution is 2.14. The minimum atomic E-state index is -4.04. The molecule has 0 aliphatic rings. The highest BCUT2D eigenvalue weighted by Gasteiger charge is 2.25. The largest absolute Gasteiger partial charge is 0.492 e. The summed E-state index contributed by atoms with van der Waals surface area (Å²) in [6.45, 7) is 0. The Morgan fingerprint density at radius 1 is 1.13 bits per heavy atom. The summed E-state index contributed by atoms with van der Waals surface area (Å²) in [7, 11) is -4.04. The van der Waals surface area contributed by atoms with Crippen LogP contribution < -0.4 is 0 Å². The monoisotopic (exact) mass is 234 g/mol. The zero-order valence-electron chi connectivity index (χ0n) is 7.95. The van der Waals surface area contributed by atoms with Crippen LogP contribution in [0.25, 0.3) is 0 Å². The van der Waals surface area contributed by atoms with Gasteiger partial charge >= 0.3 is 8.80 Å². The Bertz CT molecular complexity index is 339. The Balaban J connectivity index is 2.51. The minimum absolute atomic E-state index is 0.149. The van der Waals surface area contributed by atoms with E-state index < -0.39 is 20.4 Å². The van der Waals surface area contributed by atoms with Crippen molar-refractivity contribution in [3.8, 4) is 0 Å². The fourth-order valence-corrected chi connectivity index (χ4v) is 1.89. The molecule has 0 fully saturated rings. The molecule has 0 spiro atoms. The molecule has 3 nitrogen and oxygen atoms in total. The van der Waals surface area contributed by atoms with Gasteiger partial charge in [-0.25, -0.2) is 8.78 Å². The lowest BCUT2D eigenvalue weighted by molar-refractivity contribution is 0.226. The van der Waals surface area contributed by atoms with Crippen LogP contribution in [0.2, 0.25) is 6.04 Å². The van der Waals surface area contributed by atoms with Gasteiger partial charge in [0, 0.05) is 12.1 Å². The molecule has 1 aromatic rings. The molecule has 0 aliphatic heterocycles. The van der Waals surface area contributed by atoms with Crippen LogP contribution in [-0.4, -0.2) is 23.2 Å². The molecule has 0 radical (unpaired) electrons. The van der Waals surface area contributed by atoms with E-state index in [2.05, 4.69) is 0 Å². The standard InChI is InChI=1S/C9H12F2O3Si/c10-8-4-3-7(9(11)6-8)2-1-5-15(12,13)14/h3-4,6,12-14H,1-2,5H2. The average molecular weight is 234 g/mol. The third-order valence-corrected chi connectivity index (χ3v) is 3.00. The fraction of sp³-hybridized carbons (Fsp3) is 0.333. The molecule has 0 atom stereocenters. The quantitative estimate of drug-likeness (QED) is 0.676. The molecular formula is C9H12F2O3Si. The molecule has 0 aromatic heterocycles. The first kappa shape index (κ1) is 12.2. The second-order valence-corrected chi connectivity index (χ2v) is 5.41. The summed E-state index contributed by atoms with van der Waals surface area (Å²) in [4.78, 5) is 26.1.